The van der Waals surface area contributed by atoms with Crippen molar-refractivity contribution in [1.82, 2.24) is 15.5 Å². The van der Waals surface area contributed by atoms with Crippen LogP contribution in [0.1, 0.15) is 44.7 Å². The van der Waals surface area contributed by atoms with Crippen LogP contribution in [0.15, 0.2) is 42.5 Å². The molecule has 2 aromatic rings. The molecule has 35 heavy (non-hydrogen) atoms. The van der Waals surface area contributed by atoms with E-state index in [1.54, 1.807) is 12.1 Å². The summed E-state index contributed by atoms with van der Waals surface area (Å²) in [5, 5.41) is 4.74. The second-order valence-corrected chi connectivity index (χ2v) is 7.93. The molecule has 0 bridgehead atoms. The minimum absolute atomic E-state index is 0.00393. The monoisotopic (exact) mass is 489 g/mol. The Balaban J connectivity index is 1.42. The van der Waals surface area contributed by atoms with Gasteiger partial charge in [-0.05, 0) is 35.7 Å². The molecule has 0 saturated carbocycles. The quantitative estimate of drug-likeness (QED) is 0.598. The highest BCUT2D eigenvalue weighted by atomic mass is 19.4. The summed E-state index contributed by atoms with van der Waals surface area (Å²) < 4.78 is 40.6. The zero-order valence-corrected chi connectivity index (χ0v) is 18.0. The number of nitrogens with one attached hydrogen (secondary N) is 2. The molecule has 2 heterocycles. The molecular formula is C23H18F3N3O6. The molecule has 2 aromatic carbocycles. The lowest BCUT2D eigenvalue weighted by molar-refractivity contribution is -0.274. The van der Waals surface area contributed by atoms with Crippen LogP contribution in [-0.2, 0) is 27.3 Å². The highest BCUT2D eigenvalue weighted by Gasteiger charge is 2.45. The van der Waals surface area contributed by atoms with Crippen LogP contribution in [0.2, 0.25) is 0 Å². The van der Waals surface area contributed by atoms with Gasteiger partial charge in [-0.3, -0.25) is 34.2 Å². The Morgan fingerprint density at radius 1 is 1.06 bits per heavy atom. The molecule has 2 aliphatic heterocycles. The van der Waals surface area contributed by atoms with Crippen LogP contribution in [0.3, 0.4) is 0 Å². The highest BCUT2D eigenvalue weighted by molar-refractivity contribution is 6.24. The molecule has 0 unspecified atom stereocenters. The van der Waals surface area contributed by atoms with Crippen molar-refractivity contribution in [2.75, 3.05) is 0 Å². The minimum atomic E-state index is -4.82. The van der Waals surface area contributed by atoms with E-state index in [0.29, 0.717) is 11.1 Å². The van der Waals surface area contributed by atoms with Crippen molar-refractivity contribution >= 4 is 29.5 Å². The zero-order chi connectivity index (χ0) is 25.3. The topological polar surface area (TPSA) is 122 Å². The van der Waals surface area contributed by atoms with Crippen LogP contribution in [0.25, 0.3) is 0 Å². The number of imide groups is 2. The number of hydrogen-bond donors (Lipinski definition) is 2. The first kappa shape index (κ1) is 23.9. The summed E-state index contributed by atoms with van der Waals surface area (Å²) in [6.07, 6.45) is -4.94. The lowest BCUT2D eigenvalue weighted by Crippen LogP contribution is -2.54. The maximum Gasteiger partial charge on any atom is 0.573 e. The standard InChI is InChI=1S/C23H18F3N3O6/c24-23(25,26)35-14-6-4-12(5-7-14)10-18(31)27-11-13-2-1-3-15-19(13)22(34)29(21(15)33)16-8-9-17(30)28-20(16)32/h1-7,16H,8-11H2,(H,27,31)(H,28,30,32)/t16-/m1/s1. The maximum atomic E-state index is 13.1. The smallest absolute Gasteiger partial charge is 0.406 e. The third-order valence-corrected chi connectivity index (χ3v) is 5.55. The summed E-state index contributed by atoms with van der Waals surface area (Å²) in [5.41, 5.74) is 0.950. The minimum Gasteiger partial charge on any atom is -0.406 e. The maximum absolute atomic E-state index is 13.1. The van der Waals surface area contributed by atoms with Crippen LogP contribution >= 0.6 is 0 Å². The molecule has 0 spiro atoms. The molecule has 0 radical (unpaired) electrons. The number of amides is 5. The van der Waals surface area contributed by atoms with E-state index in [9.17, 15) is 37.1 Å². The Labute approximate surface area is 196 Å². The molecule has 0 aliphatic carbocycles. The highest BCUT2D eigenvalue weighted by Crippen LogP contribution is 2.30. The number of rotatable bonds is 6. The summed E-state index contributed by atoms with van der Waals surface area (Å²) >= 11 is 0. The van der Waals surface area contributed by atoms with Crippen molar-refractivity contribution in [3.05, 3.63) is 64.7 Å². The number of alkyl halides is 3. The van der Waals surface area contributed by atoms with Gasteiger partial charge in [0.15, 0.2) is 0 Å². The molecule has 1 atom stereocenters. The average Bonchev–Trinajstić information content (AvgIpc) is 3.03. The van der Waals surface area contributed by atoms with Gasteiger partial charge in [0.2, 0.25) is 17.7 Å². The van der Waals surface area contributed by atoms with Crippen molar-refractivity contribution in [3.8, 4) is 5.75 Å². The van der Waals surface area contributed by atoms with Gasteiger partial charge >= 0.3 is 6.36 Å². The Morgan fingerprint density at radius 2 is 1.77 bits per heavy atom. The van der Waals surface area contributed by atoms with Gasteiger partial charge in [0.25, 0.3) is 11.8 Å². The third kappa shape index (κ3) is 5.15. The van der Waals surface area contributed by atoms with Gasteiger partial charge in [-0.1, -0.05) is 24.3 Å². The van der Waals surface area contributed by atoms with Crippen molar-refractivity contribution < 1.29 is 41.9 Å². The Bertz CT molecular complexity index is 1230. The van der Waals surface area contributed by atoms with Crippen molar-refractivity contribution in [2.45, 2.75) is 38.2 Å². The predicted octanol–water partition coefficient (Wildman–Crippen LogP) is 1.85. The van der Waals surface area contributed by atoms with E-state index >= 15 is 0 Å². The fraction of sp³-hybridized carbons (Fsp3) is 0.261. The van der Waals surface area contributed by atoms with E-state index in [-0.39, 0.29) is 36.9 Å². The van der Waals surface area contributed by atoms with Gasteiger partial charge in [0.05, 0.1) is 17.5 Å². The number of hydrogen-bond acceptors (Lipinski definition) is 6. The van der Waals surface area contributed by atoms with Gasteiger partial charge in [-0.25, -0.2) is 0 Å². The Kier molecular flexibility index (Phi) is 6.29. The van der Waals surface area contributed by atoms with Crippen LogP contribution in [0, 0.1) is 0 Å². The lowest BCUT2D eigenvalue weighted by atomic mass is 10.0. The van der Waals surface area contributed by atoms with E-state index in [2.05, 4.69) is 15.4 Å². The molecule has 5 amide bonds. The fourth-order valence-electron chi connectivity index (χ4n) is 3.98. The summed E-state index contributed by atoms with van der Waals surface area (Å²) in [6.45, 7) is -0.0977. The number of carbonyl (C=O) groups excluding carboxylic acids is 5. The lowest BCUT2D eigenvalue weighted by Gasteiger charge is -2.27. The van der Waals surface area contributed by atoms with Gasteiger partial charge < -0.3 is 10.1 Å². The molecule has 4 rings (SSSR count). The van der Waals surface area contributed by atoms with Crippen LogP contribution in [-0.4, -0.2) is 46.8 Å². The van der Waals surface area contributed by atoms with E-state index in [0.717, 1.165) is 17.0 Å². The molecule has 1 saturated heterocycles. The van der Waals surface area contributed by atoms with Gasteiger partial charge in [-0.2, -0.15) is 0 Å². The van der Waals surface area contributed by atoms with Crippen LogP contribution in [0.4, 0.5) is 13.2 Å². The Morgan fingerprint density at radius 3 is 2.43 bits per heavy atom. The van der Waals surface area contributed by atoms with Crippen LogP contribution < -0.4 is 15.4 Å². The average molecular weight is 489 g/mol. The van der Waals surface area contributed by atoms with E-state index in [4.69, 9.17) is 0 Å². The summed E-state index contributed by atoms with van der Waals surface area (Å²) in [6, 6.07) is 8.26. The molecule has 12 heteroatoms. The molecule has 2 N–H and O–H groups in total. The number of nitrogens with zero attached hydrogens (tertiary/aromatic N) is 1. The van der Waals surface area contributed by atoms with Crippen molar-refractivity contribution in [1.29, 1.82) is 0 Å². The van der Waals surface area contributed by atoms with Crippen molar-refractivity contribution in [2.24, 2.45) is 0 Å². The molecule has 9 nitrogen and oxygen atoms in total. The largest absolute Gasteiger partial charge is 0.573 e. The second kappa shape index (κ2) is 9.20. The van der Waals surface area contributed by atoms with E-state index < -0.39 is 47.7 Å². The number of carbonyl (C=O) groups is 5. The molecule has 1 fully saturated rings. The van der Waals surface area contributed by atoms with E-state index in [1.807, 2.05) is 0 Å². The summed E-state index contributed by atoms with van der Waals surface area (Å²) in [4.78, 5) is 62.7. The molecular weight excluding hydrogens is 471 g/mol. The zero-order valence-electron chi connectivity index (χ0n) is 18.0. The third-order valence-electron chi connectivity index (χ3n) is 5.55. The summed E-state index contributed by atoms with van der Waals surface area (Å²) in [5.74, 6) is -3.43. The number of piperidine rings is 1. The Hall–Kier alpha value is -4.22. The molecule has 0 aromatic heterocycles. The van der Waals surface area contributed by atoms with Gasteiger partial charge in [0.1, 0.15) is 11.8 Å². The summed E-state index contributed by atoms with van der Waals surface area (Å²) in [7, 11) is 0. The number of halogens is 3. The number of benzene rings is 2. The first-order chi connectivity index (χ1) is 16.5. The van der Waals surface area contributed by atoms with Crippen LogP contribution in [0.5, 0.6) is 5.75 Å². The molecule has 2 aliphatic rings. The number of ether oxygens (including phenoxy) is 1. The van der Waals surface area contributed by atoms with Crippen molar-refractivity contribution in [3.63, 3.8) is 0 Å². The normalized spacial score (nSPS) is 17.8. The van der Waals surface area contributed by atoms with Gasteiger partial charge in [0, 0.05) is 13.0 Å². The van der Waals surface area contributed by atoms with E-state index in [1.165, 1.54) is 18.2 Å². The fourth-order valence-corrected chi connectivity index (χ4v) is 3.98. The first-order valence-corrected chi connectivity index (χ1v) is 10.5. The first-order valence-electron chi connectivity index (χ1n) is 10.5. The SMILES string of the molecule is O=C(Cc1ccc(OC(F)(F)F)cc1)NCc1cccc2c1C(=O)N([C@@H]1CCC(=O)NC1=O)C2=O. The number of fused-ring (bicyclic) bond motifs is 1. The predicted molar refractivity (Wildman–Crippen MR) is 112 cm³/mol. The molecule has 182 valence electrons. The van der Waals surface area contributed by atoms with Gasteiger partial charge in [-0.15, -0.1) is 13.2 Å². The second-order valence-electron chi connectivity index (χ2n) is 7.93.